The van der Waals surface area contributed by atoms with Gasteiger partial charge in [-0.1, -0.05) is 45.4 Å². The maximum Gasteiger partial charge on any atom is 0.339 e. The van der Waals surface area contributed by atoms with Crippen LogP contribution in [0.3, 0.4) is 0 Å². The summed E-state index contributed by atoms with van der Waals surface area (Å²) in [5, 5.41) is 10.4. The van der Waals surface area contributed by atoms with Crippen LogP contribution in [0.15, 0.2) is 67.6 Å². The molecule has 1 heterocycles. The lowest BCUT2D eigenvalue weighted by molar-refractivity contribution is -0.182. The Kier molecular flexibility index (Phi) is 7.03. The first-order valence-corrected chi connectivity index (χ1v) is 16.1. The number of carbonyl (C=O) groups excluding carboxylic acids is 2. The number of hydrogen-bond donors (Lipinski definition) is 1. The highest BCUT2D eigenvalue weighted by Gasteiger charge is 2.67. The summed E-state index contributed by atoms with van der Waals surface area (Å²) in [7, 11) is 0. The van der Waals surface area contributed by atoms with Crippen LogP contribution in [-0.2, 0) is 14.3 Å². The molecule has 7 nitrogen and oxygen atoms in total. The van der Waals surface area contributed by atoms with Crippen LogP contribution in [0.4, 0.5) is 0 Å². The van der Waals surface area contributed by atoms with Gasteiger partial charge in [-0.3, -0.25) is 9.59 Å². The summed E-state index contributed by atoms with van der Waals surface area (Å²) >= 11 is 0. The van der Waals surface area contributed by atoms with Crippen molar-refractivity contribution in [1.82, 2.24) is 0 Å². The Labute approximate surface area is 260 Å². The number of hydrogen-bond acceptors (Lipinski definition) is 7. The van der Waals surface area contributed by atoms with E-state index in [0.717, 1.165) is 56.1 Å². The second-order valence-corrected chi connectivity index (χ2v) is 15.3. The van der Waals surface area contributed by atoms with Gasteiger partial charge in [0.25, 0.3) is 0 Å². The minimum absolute atomic E-state index is 0.0414. The van der Waals surface area contributed by atoms with Crippen molar-refractivity contribution in [2.45, 2.75) is 93.4 Å². The van der Waals surface area contributed by atoms with E-state index in [9.17, 15) is 19.5 Å². The Hall–Kier alpha value is -3.35. The predicted molar refractivity (Wildman–Crippen MR) is 167 cm³/mol. The smallest absolute Gasteiger partial charge is 0.339 e. The molecule has 0 radical (unpaired) electrons. The molecule has 1 N–H and O–H groups in total. The zero-order valence-electron chi connectivity index (χ0n) is 27.2. The number of carbonyl (C=O) groups is 2. The molecule has 7 heteroatoms. The third-order valence-corrected chi connectivity index (χ3v) is 12.8. The first-order valence-electron chi connectivity index (χ1n) is 16.1. The SMILES string of the molecule is CC1=C(O)C(=O)C=C2C1=CC=C1[C@@]2(C)CC[C@@]2(C)[C@@H]3C[C@](C)(C(=O)OCCOc4cc(C)oc(=O)c4)CC[C@]3(C)CC[C@]12C. The molecule has 6 atom stereocenters. The average Bonchev–Trinajstić information content (AvgIpc) is 2.96. The topological polar surface area (TPSA) is 103 Å². The molecule has 1 aromatic heterocycles. The van der Waals surface area contributed by atoms with E-state index in [0.29, 0.717) is 23.0 Å². The highest BCUT2D eigenvalue weighted by molar-refractivity contribution is 6.06. The minimum atomic E-state index is -0.595. The van der Waals surface area contributed by atoms with Gasteiger partial charge in [0.15, 0.2) is 5.76 Å². The van der Waals surface area contributed by atoms with Gasteiger partial charge in [0.1, 0.15) is 24.7 Å². The van der Waals surface area contributed by atoms with Crippen molar-refractivity contribution in [1.29, 1.82) is 0 Å². The van der Waals surface area contributed by atoms with Crippen LogP contribution >= 0.6 is 0 Å². The fraction of sp³-hybridized carbons (Fsp3) is 0.595. The molecule has 0 aliphatic heterocycles. The van der Waals surface area contributed by atoms with E-state index in [2.05, 4.69) is 46.8 Å². The highest BCUT2D eigenvalue weighted by Crippen LogP contribution is 2.75. The average molecular weight is 603 g/mol. The van der Waals surface area contributed by atoms with E-state index in [4.69, 9.17) is 13.9 Å². The molecule has 236 valence electrons. The lowest BCUT2D eigenvalue weighted by Gasteiger charge is -2.70. The lowest BCUT2D eigenvalue weighted by atomic mass is 9.34. The first kappa shape index (κ1) is 30.7. The van der Waals surface area contributed by atoms with Crippen LogP contribution in [0.5, 0.6) is 5.75 Å². The largest absolute Gasteiger partial charge is 0.504 e. The molecule has 0 bridgehead atoms. The Morgan fingerprint density at radius 1 is 0.955 bits per heavy atom. The van der Waals surface area contributed by atoms with Gasteiger partial charge in [-0.05, 0) is 105 Å². The maximum atomic E-state index is 13.7. The molecule has 3 fully saturated rings. The molecule has 6 rings (SSSR count). The van der Waals surface area contributed by atoms with Crippen LogP contribution in [0.1, 0.15) is 92.2 Å². The minimum Gasteiger partial charge on any atom is -0.504 e. The van der Waals surface area contributed by atoms with Crippen molar-refractivity contribution in [3.05, 3.63) is 74.6 Å². The van der Waals surface area contributed by atoms with Crippen molar-refractivity contribution in [3.63, 3.8) is 0 Å². The number of fused-ring (bicyclic) bond motifs is 7. The van der Waals surface area contributed by atoms with Gasteiger partial charge < -0.3 is 19.0 Å². The fourth-order valence-electron chi connectivity index (χ4n) is 9.77. The van der Waals surface area contributed by atoms with E-state index in [1.165, 1.54) is 11.6 Å². The van der Waals surface area contributed by atoms with Crippen molar-refractivity contribution in [2.75, 3.05) is 13.2 Å². The van der Waals surface area contributed by atoms with Crippen molar-refractivity contribution < 1.29 is 28.6 Å². The quantitative estimate of drug-likeness (QED) is 0.275. The number of allylic oxidation sites excluding steroid dienone is 7. The second kappa shape index (κ2) is 10.1. The van der Waals surface area contributed by atoms with Gasteiger partial charge in [0.05, 0.1) is 11.5 Å². The molecule has 0 aromatic carbocycles. The van der Waals surface area contributed by atoms with Crippen LogP contribution in [0.25, 0.3) is 0 Å². The first-order chi connectivity index (χ1) is 20.6. The van der Waals surface area contributed by atoms with E-state index in [1.807, 2.05) is 6.92 Å². The number of aryl methyl sites for hydroxylation is 1. The summed E-state index contributed by atoms with van der Waals surface area (Å²) in [6, 6.07) is 2.93. The van der Waals surface area contributed by atoms with Crippen molar-refractivity contribution in [3.8, 4) is 5.75 Å². The second-order valence-electron chi connectivity index (χ2n) is 15.3. The summed E-state index contributed by atoms with van der Waals surface area (Å²) in [5.74, 6) is 0.566. The molecule has 5 aliphatic carbocycles. The maximum absolute atomic E-state index is 13.7. The zero-order chi connectivity index (χ0) is 31.9. The lowest BCUT2D eigenvalue weighted by Crippen LogP contribution is -2.62. The molecule has 44 heavy (non-hydrogen) atoms. The molecular formula is C37H46O7. The normalized spacial score (nSPS) is 37.8. The van der Waals surface area contributed by atoms with Gasteiger partial charge in [0.2, 0.25) is 5.78 Å². The summed E-state index contributed by atoms with van der Waals surface area (Å²) < 4.78 is 16.5. The molecule has 5 aliphatic rings. The van der Waals surface area contributed by atoms with E-state index in [-0.39, 0.29) is 52.4 Å². The summed E-state index contributed by atoms with van der Waals surface area (Å²) in [5.41, 5.74) is 2.71. The van der Waals surface area contributed by atoms with E-state index >= 15 is 0 Å². The Bertz CT molecular complexity index is 1620. The molecule has 0 saturated heterocycles. The summed E-state index contributed by atoms with van der Waals surface area (Å²) in [6.45, 7) is 15.5. The molecule has 0 unspecified atom stereocenters. The van der Waals surface area contributed by atoms with Crippen LogP contribution < -0.4 is 10.4 Å². The fourth-order valence-corrected chi connectivity index (χ4v) is 9.77. The number of aliphatic hydroxyl groups is 1. The van der Waals surface area contributed by atoms with Crippen molar-refractivity contribution >= 4 is 11.8 Å². The molecule has 0 spiro atoms. The number of rotatable bonds is 5. The van der Waals surface area contributed by atoms with Crippen LogP contribution in [-0.4, -0.2) is 30.1 Å². The van der Waals surface area contributed by atoms with Gasteiger partial charge in [-0.15, -0.1) is 0 Å². The van der Waals surface area contributed by atoms with Gasteiger partial charge >= 0.3 is 11.6 Å². The predicted octanol–water partition coefficient (Wildman–Crippen LogP) is 7.50. The zero-order valence-corrected chi connectivity index (χ0v) is 27.2. The Morgan fingerprint density at radius 3 is 2.41 bits per heavy atom. The third-order valence-electron chi connectivity index (χ3n) is 12.8. The number of esters is 1. The van der Waals surface area contributed by atoms with Crippen molar-refractivity contribution in [2.24, 2.45) is 33.0 Å². The molecule has 0 amide bonds. The van der Waals surface area contributed by atoms with Gasteiger partial charge in [-0.2, -0.15) is 0 Å². The Balaban J connectivity index is 1.24. The number of aliphatic hydroxyl groups excluding tert-OH is 1. The summed E-state index contributed by atoms with van der Waals surface area (Å²) in [6.07, 6.45) is 12.7. The Morgan fingerprint density at radius 2 is 1.68 bits per heavy atom. The molecule has 3 saturated carbocycles. The third kappa shape index (κ3) is 4.40. The van der Waals surface area contributed by atoms with Gasteiger partial charge in [0, 0.05) is 17.1 Å². The monoisotopic (exact) mass is 602 g/mol. The standard InChI is InChI=1S/C37H46O7/c1-22-18-24(19-30(39)44-22)42-16-17-43-32(41)34(4)11-10-33(3)12-14-36(6)28-9-8-25-23(2)31(40)27(38)20-26(25)35(28,5)13-15-37(36,7)29(33)21-34/h8-9,18-20,29,40H,10-17,21H2,1-7H3/t29-,33-,34-,35+,36-,37+/m1/s1. The number of ether oxygens (including phenoxy) is 2. The van der Waals surface area contributed by atoms with E-state index in [1.54, 1.807) is 19.1 Å². The highest BCUT2D eigenvalue weighted by atomic mass is 16.6. The molecular weight excluding hydrogens is 556 g/mol. The van der Waals surface area contributed by atoms with Crippen LogP contribution in [0.2, 0.25) is 0 Å². The van der Waals surface area contributed by atoms with Crippen LogP contribution in [0, 0.1) is 39.9 Å². The van der Waals surface area contributed by atoms with Gasteiger partial charge in [-0.25, -0.2) is 4.79 Å². The van der Waals surface area contributed by atoms with E-state index < -0.39 is 11.0 Å². The summed E-state index contributed by atoms with van der Waals surface area (Å²) in [4.78, 5) is 38.0. The number of ketones is 1. The molecule has 1 aromatic rings.